The molecular weight excluding hydrogens is 406 g/mol. The van der Waals surface area contributed by atoms with E-state index in [-0.39, 0.29) is 28.3 Å². The van der Waals surface area contributed by atoms with Gasteiger partial charge in [0.1, 0.15) is 23.8 Å². The van der Waals surface area contributed by atoms with Crippen LogP contribution in [-0.2, 0) is 22.5 Å². The van der Waals surface area contributed by atoms with Crippen LogP contribution < -0.4 is 10.9 Å². The largest absolute Gasteiger partial charge is 0.609 e. The summed E-state index contributed by atoms with van der Waals surface area (Å²) in [6.07, 6.45) is 4.77. The van der Waals surface area contributed by atoms with Crippen LogP contribution >= 0.6 is 0 Å². The van der Waals surface area contributed by atoms with Crippen LogP contribution in [-0.4, -0.2) is 50.0 Å². The lowest BCUT2D eigenvalue weighted by Crippen LogP contribution is -2.24. The van der Waals surface area contributed by atoms with E-state index in [1.165, 1.54) is 24.3 Å². The van der Waals surface area contributed by atoms with Crippen LogP contribution in [0.5, 0.6) is 0 Å². The summed E-state index contributed by atoms with van der Waals surface area (Å²) in [4.78, 5) is 37.5. The number of unbranched alkanes of at least 4 members (excludes halogenated alkanes) is 1. The highest BCUT2D eigenvalue weighted by Gasteiger charge is 2.19. The number of fused-ring (bicyclic) bond motifs is 1. The number of rotatable bonds is 8. The zero-order valence-electron chi connectivity index (χ0n) is 17.0. The Morgan fingerprint density at radius 1 is 1.27 bits per heavy atom. The molecule has 1 aromatic carbocycles. The number of esters is 1. The molecule has 0 amide bonds. The van der Waals surface area contributed by atoms with E-state index in [2.05, 4.69) is 27.2 Å². The number of hydrogen-bond donors (Lipinski definition) is 1. The Morgan fingerprint density at radius 3 is 2.63 bits per heavy atom. The fraction of sp³-hybridized carbons (Fsp3) is 0.350. The maximum Gasteiger partial charge on any atom is 0.346 e. The van der Waals surface area contributed by atoms with E-state index in [0.29, 0.717) is 17.9 Å². The van der Waals surface area contributed by atoms with Crippen molar-refractivity contribution in [3.63, 3.8) is 0 Å². The summed E-state index contributed by atoms with van der Waals surface area (Å²) in [5.41, 5.74) is 1.15. The van der Waals surface area contributed by atoms with Gasteiger partial charge in [-0.05, 0) is 24.1 Å². The summed E-state index contributed by atoms with van der Waals surface area (Å²) in [7, 11) is 1.32. The van der Waals surface area contributed by atoms with Crippen LogP contribution in [0.2, 0.25) is 0 Å². The summed E-state index contributed by atoms with van der Waals surface area (Å²) in [5.74, 6) is -0.0818. The van der Waals surface area contributed by atoms with E-state index in [4.69, 9.17) is 4.74 Å². The molecule has 1 atom stereocenters. The molecule has 3 rings (SSSR count). The highest BCUT2D eigenvalue weighted by Crippen LogP contribution is 2.18. The van der Waals surface area contributed by atoms with Crippen molar-refractivity contribution in [1.29, 1.82) is 0 Å². The molecule has 30 heavy (non-hydrogen) atoms. The van der Waals surface area contributed by atoms with Crippen molar-refractivity contribution in [1.82, 2.24) is 19.5 Å². The molecule has 1 N–H and O–H groups in total. The number of aromatic nitrogens is 4. The SMILES string of the molecule is CCCCNc1nc([S+](C)[O-])nc2ncn(Cc3ccc(C(=O)OC)cc3)c(=O)c12. The number of ether oxygens (including phenoxy) is 1. The van der Waals surface area contributed by atoms with Gasteiger partial charge in [0.25, 0.3) is 5.56 Å². The Morgan fingerprint density at radius 2 is 2.00 bits per heavy atom. The van der Waals surface area contributed by atoms with E-state index in [9.17, 15) is 14.1 Å². The number of nitrogens with zero attached hydrogens (tertiary/aromatic N) is 4. The van der Waals surface area contributed by atoms with Crippen LogP contribution in [0.25, 0.3) is 11.0 Å². The molecule has 2 heterocycles. The van der Waals surface area contributed by atoms with Gasteiger partial charge in [0, 0.05) is 17.7 Å². The molecule has 0 saturated heterocycles. The van der Waals surface area contributed by atoms with Crippen molar-refractivity contribution >= 4 is 34.0 Å². The fourth-order valence-electron chi connectivity index (χ4n) is 2.85. The average molecular weight is 430 g/mol. The number of benzene rings is 1. The van der Waals surface area contributed by atoms with Gasteiger partial charge in [0.05, 0.1) is 19.2 Å². The van der Waals surface area contributed by atoms with Gasteiger partial charge in [0.2, 0.25) is 0 Å². The molecule has 0 saturated carbocycles. The third-order valence-corrected chi connectivity index (χ3v) is 5.17. The maximum absolute atomic E-state index is 13.1. The summed E-state index contributed by atoms with van der Waals surface area (Å²) in [5, 5.41) is 3.54. The minimum absolute atomic E-state index is 0.129. The normalized spacial score (nSPS) is 12.0. The lowest BCUT2D eigenvalue weighted by molar-refractivity contribution is 0.0600. The van der Waals surface area contributed by atoms with Gasteiger partial charge in [-0.2, -0.15) is 9.97 Å². The molecule has 0 aliphatic heterocycles. The zero-order valence-corrected chi connectivity index (χ0v) is 17.9. The molecule has 9 nitrogen and oxygen atoms in total. The maximum atomic E-state index is 13.1. The third-order valence-electron chi connectivity index (χ3n) is 4.47. The quantitative estimate of drug-likeness (QED) is 0.250. The molecule has 10 heteroatoms. The van der Waals surface area contributed by atoms with E-state index in [1.807, 2.05) is 0 Å². The van der Waals surface area contributed by atoms with Crippen molar-refractivity contribution in [2.24, 2.45) is 0 Å². The molecule has 158 valence electrons. The smallest absolute Gasteiger partial charge is 0.346 e. The fourth-order valence-corrected chi connectivity index (χ4v) is 3.29. The first-order chi connectivity index (χ1) is 14.4. The van der Waals surface area contributed by atoms with Crippen molar-refractivity contribution in [2.45, 2.75) is 31.5 Å². The summed E-state index contributed by atoms with van der Waals surface area (Å²) in [6.45, 7) is 2.95. The molecule has 1 unspecified atom stereocenters. The second kappa shape index (κ2) is 9.68. The first kappa shape index (κ1) is 21.7. The topological polar surface area (TPSA) is 122 Å². The van der Waals surface area contributed by atoms with Gasteiger partial charge >= 0.3 is 11.1 Å². The number of nitrogens with one attached hydrogen (secondary N) is 1. The van der Waals surface area contributed by atoms with Crippen molar-refractivity contribution in [3.8, 4) is 0 Å². The van der Waals surface area contributed by atoms with E-state index < -0.39 is 17.1 Å². The minimum Gasteiger partial charge on any atom is -0.609 e. The van der Waals surface area contributed by atoms with Crippen molar-refractivity contribution < 1.29 is 14.1 Å². The standard InChI is InChI=1S/C20H23N5O4S/c1-4-5-10-21-16-15-17(24-20(23-16)30(3)28)22-12-25(18(15)26)11-13-6-8-14(9-7-13)19(27)29-2/h6-9,12H,4-5,10-11H2,1-3H3,(H,21,23,24). The van der Waals surface area contributed by atoms with Gasteiger partial charge in [0.15, 0.2) is 5.65 Å². The number of methoxy groups -OCH3 is 1. The molecule has 0 spiro atoms. The second-order valence-corrected chi connectivity index (χ2v) is 7.93. The summed E-state index contributed by atoms with van der Waals surface area (Å²) >= 11 is -1.40. The first-order valence-corrected chi connectivity index (χ1v) is 11.0. The lowest BCUT2D eigenvalue weighted by atomic mass is 10.1. The second-order valence-electron chi connectivity index (χ2n) is 6.65. The van der Waals surface area contributed by atoms with Crippen LogP contribution in [0.15, 0.2) is 40.5 Å². The van der Waals surface area contributed by atoms with Gasteiger partial charge in [-0.1, -0.05) is 25.5 Å². The highest BCUT2D eigenvalue weighted by molar-refractivity contribution is 7.90. The lowest BCUT2D eigenvalue weighted by Gasteiger charge is -2.12. The van der Waals surface area contributed by atoms with Crippen molar-refractivity contribution in [2.75, 3.05) is 25.2 Å². The summed E-state index contributed by atoms with van der Waals surface area (Å²) < 4.78 is 18.0. The molecule has 0 aliphatic carbocycles. The van der Waals surface area contributed by atoms with Gasteiger partial charge in [-0.3, -0.25) is 9.36 Å². The molecule has 2 aromatic heterocycles. The van der Waals surface area contributed by atoms with Crippen LogP contribution in [0.3, 0.4) is 0 Å². The van der Waals surface area contributed by atoms with Gasteiger partial charge in [-0.15, -0.1) is 0 Å². The number of carbonyl (C=O) groups excluding carboxylic acids is 1. The van der Waals surface area contributed by atoms with Crippen LogP contribution in [0, 0.1) is 0 Å². The third kappa shape index (κ3) is 4.77. The predicted octanol–water partition coefficient (Wildman–Crippen LogP) is 1.97. The number of hydrogen-bond acceptors (Lipinski definition) is 8. The Bertz CT molecular complexity index is 1100. The minimum atomic E-state index is -1.40. The van der Waals surface area contributed by atoms with E-state index in [1.54, 1.807) is 24.3 Å². The predicted molar refractivity (Wildman–Crippen MR) is 114 cm³/mol. The molecule has 0 aliphatic rings. The van der Waals surface area contributed by atoms with E-state index >= 15 is 0 Å². The van der Waals surface area contributed by atoms with Crippen LogP contribution in [0.1, 0.15) is 35.7 Å². The van der Waals surface area contributed by atoms with Gasteiger partial charge in [-0.25, -0.2) is 9.78 Å². The average Bonchev–Trinajstić information content (AvgIpc) is 2.75. The van der Waals surface area contributed by atoms with E-state index in [0.717, 1.165) is 18.4 Å². The van der Waals surface area contributed by atoms with Crippen molar-refractivity contribution in [3.05, 3.63) is 52.1 Å². The Balaban J connectivity index is 1.99. The molecule has 0 fully saturated rings. The summed E-state index contributed by atoms with van der Waals surface area (Å²) in [6, 6.07) is 6.79. The highest BCUT2D eigenvalue weighted by atomic mass is 32.2. The zero-order chi connectivity index (χ0) is 21.7. The first-order valence-electron chi connectivity index (χ1n) is 9.46. The van der Waals surface area contributed by atoms with Crippen LogP contribution in [0.4, 0.5) is 5.82 Å². The molecular formula is C20H23N5O4S. The molecule has 3 aromatic rings. The monoisotopic (exact) mass is 429 g/mol. The Kier molecular flexibility index (Phi) is 7.01. The van der Waals surface area contributed by atoms with Gasteiger partial charge < -0.3 is 14.6 Å². The number of carbonyl (C=O) groups is 1. The number of anilines is 1. The molecule has 0 bridgehead atoms. The Hall–Kier alpha value is -2.98. The molecule has 0 radical (unpaired) electrons. The Labute approximate surface area is 176 Å².